The number of ether oxygens (including phenoxy) is 3. The monoisotopic (exact) mass is 432 g/mol. The maximum absolute atomic E-state index is 11.5. The number of esters is 2. The Labute approximate surface area is 180 Å². The SMILES string of the molecule is CC(=O)OCC1CC(OC(C)=O)CC(c2ccc(Cl)c(Cc3ccc(O)cc3)c2)O1. The second kappa shape index (κ2) is 9.96. The molecule has 1 aliphatic rings. The van der Waals surface area contributed by atoms with Crippen LogP contribution in [0.3, 0.4) is 0 Å². The lowest BCUT2D eigenvalue weighted by Crippen LogP contribution is -2.36. The first-order valence-electron chi connectivity index (χ1n) is 9.82. The number of hydrogen-bond donors (Lipinski definition) is 1. The molecule has 1 saturated heterocycles. The second-order valence-corrected chi connectivity index (χ2v) is 7.85. The van der Waals surface area contributed by atoms with Crippen molar-refractivity contribution in [3.8, 4) is 5.75 Å². The molecule has 1 heterocycles. The number of carbonyl (C=O) groups excluding carboxylic acids is 2. The Balaban J connectivity index is 1.79. The molecule has 30 heavy (non-hydrogen) atoms. The van der Waals surface area contributed by atoms with Gasteiger partial charge in [-0.1, -0.05) is 35.9 Å². The summed E-state index contributed by atoms with van der Waals surface area (Å²) < 4.78 is 16.7. The topological polar surface area (TPSA) is 82.1 Å². The molecule has 0 saturated carbocycles. The zero-order chi connectivity index (χ0) is 21.7. The van der Waals surface area contributed by atoms with Crippen LogP contribution in [0.5, 0.6) is 5.75 Å². The Bertz CT molecular complexity index is 895. The van der Waals surface area contributed by atoms with Crippen LogP contribution in [0.25, 0.3) is 0 Å². The van der Waals surface area contributed by atoms with E-state index in [-0.39, 0.29) is 42.6 Å². The lowest BCUT2D eigenvalue weighted by molar-refractivity contribution is -0.169. The van der Waals surface area contributed by atoms with Gasteiger partial charge in [0.2, 0.25) is 0 Å². The van der Waals surface area contributed by atoms with Gasteiger partial charge in [-0.15, -0.1) is 0 Å². The van der Waals surface area contributed by atoms with Crippen molar-refractivity contribution in [2.75, 3.05) is 6.61 Å². The van der Waals surface area contributed by atoms with Gasteiger partial charge in [-0.25, -0.2) is 0 Å². The fourth-order valence-electron chi connectivity index (χ4n) is 3.60. The van der Waals surface area contributed by atoms with Gasteiger partial charge in [0.1, 0.15) is 18.5 Å². The van der Waals surface area contributed by atoms with Crippen molar-refractivity contribution in [1.29, 1.82) is 0 Å². The molecule has 3 rings (SSSR count). The van der Waals surface area contributed by atoms with E-state index in [1.165, 1.54) is 13.8 Å². The van der Waals surface area contributed by atoms with Crippen molar-refractivity contribution in [2.45, 2.75) is 51.4 Å². The molecule has 0 spiro atoms. The molecule has 0 bridgehead atoms. The molecule has 3 atom stereocenters. The third-order valence-electron chi connectivity index (χ3n) is 4.94. The molecule has 0 aliphatic carbocycles. The van der Waals surface area contributed by atoms with E-state index in [2.05, 4.69) is 0 Å². The minimum absolute atomic E-state index is 0.109. The third kappa shape index (κ3) is 6.21. The molecule has 0 radical (unpaired) electrons. The summed E-state index contributed by atoms with van der Waals surface area (Å²) in [6.45, 7) is 2.83. The summed E-state index contributed by atoms with van der Waals surface area (Å²) in [5.74, 6) is -0.520. The Hall–Kier alpha value is -2.57. The second-order valence-electron chi connectivity index (χ2n) is 7.45. The molecular formula is C23H25ClO6. The molecule has 2 aromatic carbocycles. The average Bonchev–Trinajstić information content (AvgIpc) is 2.69. The largest absolute Gasteiger partial charge is 0.508 e. The van der Waals surface area contributed by atoms with Gasteiger partial charge in [0, 0.05) is 31.7 Å². The summed E-state index contributed by atoms with van der Waals surface area (Å²) in [6.07, 6.45) is 0.572. The van der Waals surface area contributed by atoms with Crippen molar-refractivity contribution in [2.24, 2.45) is 0 Å². The number of rotatable bonds is 6. The van der Waals surface area contributed by atoms with E-state index >= 15 is 0 Å². The lowest BCUT2D eigenvalue weighted by atomic mass is 9.94. The van der Waals surface area contributed by atoms with E-state index in [0.29, 0.717) is 24.3 Å². The Kier molecular flexibility index (Phi) is 7.34. The van der Waals surface area contributed by atoms with Crippen LogP contribution < -0.4 is 0 Å². The van der Waals surface area contributed by atoms with Crippen LogP contribution in [0.1, 0.15) is 49.5 Å². The minimum Gasteiger partial charge on any atom is -0.508 e. The average molecular weight is 433 g/mol. The summed E-state index contributed by atoms with van der Waals surface area (Å²) in [7, 11) is 0. The highest BCUT2D eigenvalue weighted by atomic mass is 35.5. The summed E-state index contributed by atoms with van der Waals surface area (Å²) in [5.41, 5.74) is 2.86. The molecule has 0 aromatic heterocycles. The van der Waals surface area contributed by atoms with Crippen LogP contribution in [0.15, 0.2) is 42.5 Å². The van der Waals surface area contributed by atoms with Crippen LogP contribution in [0, 0.1) is 0 Å². The van der Waals surface area contributed by atoms with Crippen molar-refractivity contribution in [1.82, 2.24) is 0 Å². The molecular weight excluding hydrogens is 408 g/mol. The van der Waals surface area contributed by atoms with Crippen LogP contribution in [0.2, 0.25) is 5.02 Å². The first-order valence-corrected chi connectivity index (χ1v) is 10.2. The molecule has 1 aliphatic heterocycles. The van der Waals surface area contributed by atoms with E-state index < -0.39 is 0 Å². The zero-order valence-corrected chi connectivity index (χ0v) is 17.7. The van der Waals surface area contributed by atoms with E-state index in [0.717, 1.165) is 16.7 Å². The maximum atomic E-state index is 11.5. The Morgan fingerprint density at radius 3 is 2.50 bits per heavy atom. The van der Waals surface area contributed by atoms with E-state index in [1.807, 2.05) is 30.3 Å². The van der Waals surface area contributed by atoms with Gasteiger partial charge in [0.15, 0.2) is 0 Å². The van der Waals surface area contributed by atoms with Crippen LogP contribution in [-0.4, -0.2) is 35.9 Å². The van der Waals surface area contributed by atoms with Crippen molar-refractivity contribution in [3.63, 3.8) is 0 Å². The predicted molar refractivity (Wildman–Crippen MR) is 111 cm³/mol. The maximum Gasteiger partial charge on any atom is 0.302 e. The van der Waals surface area contributed by atoms with Gasteiger partial charge in [0.25, 0.3) is 0 Å². The number of phenolic OH excluding ortho intramolecular Hbond substituents is 1. The predicted octanol–water partition coefficient (Wildman–Crippen LogP) is 4.35. The van der Waals surface area contributed by atoms with Gasteiger partial charge in [-0.05, 0) is 41.3 Å². The number of carbonyl (C=O) groups is 2. The summed E-state index contributed by atoms with van der Waals surface area (Å²) in [5, 5.41) is 10.1. The third-order valence-corrected chi connectivity index (χ3v) is 5.31. The Morgan fingerprint density at radius 1 is 1.10 bits per heavy atom. The van der Waals surface area contributed by atoms with Crippen molar-refractivity contribution >= 4 is 23.5 Å². The Morgan fingerprint density at radius 2 is 1.83 bits per heavy atom. The van der Waals surface area contributed by atoms with Crippen molar-refractivity contribution in [3.05, 3.63) is 64.2 Å². The standard InChI is InChI=1S/C23H25ClO6/c1-14(25)28-13-21-11-20(29-15(2)26)12-23(30-21)17-5-8-22(24)18(10-17)9-16-3-6-19(27)7-4-16/h3-8,10,20-21,23,27H,9,11-13H2,1-2H3. The number of aromatic hydroxyl groups is 1. The number of halogens is 1. The van der Waals surface area contributed by atoms with Gasteiger partial charge in [-0.3, -0.25) is 9.59 Å². The molecule has 160 valence electrons. The van der Waals surface area contributed by atoms with E-state index in [9.17, 15) is 14.7 Å². The van der Waals surface area contributed by atoms with Gasteiger partial charge in [-0.2, -0.15) is 0 Å². The number of hydrogen-bond acceptors (Lipinski definition) is 6. The summed E-state index contributed by atoms with van der Waals surface area (Å²) in [4.78, 5) is 22.7. The first-order chi connectivity index (χ1) is 14.3. The highest BCUT2D eigenvalue weighted by Gasteiger charge is 2.33. The van der Waals surface area contributed by atoms with Crippen LogP contribution in [0.4, 0.5) is 0 Å². The normalized spacial score (nSPS) is 21.1. The molecule has 0 amide bonds. The molecule has 1 fully saturated rings. The fourth-order valence-corrected chi connectivity index (χ4v) is 3.78. The van der Waals surface area contributed by atoms with Gasteiger partial charge < -0.3 is 19.3 Å². The van der Waals surface area contributed by atoms with E-state index in [4.69, 9.17) is 25.8 Å². The lowest BCUT2D eigenvalue weighted by Gasteiger charge is -2.35. The van der Waals surface area contributed by atoms with Crippen LogP contribution in [-0.2, 0) is 30.2 Å². The molecule has 7 heteroatoms. The zero-order valence-electron chi connectivity index (χ0n) is 17.0. The molecule has 2 aromatic rings. The van der Waals surface area contributed by atoms with Gasteiger partial charge >= 0.3 is 11.9 Å². The molecule has 3 unspecified atom stereocenters. The molecule has 1 N–H and O–H groups in total. The number of benzene rings is 2. The van der Waals surface area contributed by atoms with Crippen molar-refractivity contribution < 1.29 is 28.9 Å². The van der Waals surface area contributed by atoms with Crippen LogP contribution >= 0.6 is 11.6 Å². The highest BCUT2D eigenvalue weighted by molar-refractivity contribution is 6.31. The smallest absolute Gasteiger partial charge is 0.302 e. The minimum atomic E-state index is -0.382. The number of phenols is 1. The highest BCUT2D eigenvalue weighted by Crippen LogP contribution is 2.35. The quantitative estimate of drug-likeness (QED) is 0.683. The fraction of sp³-hybridized carbons (Fsp3) is 0.391. The summed E-state index contributed by atoms with van der Waals surface area (Å²) >= 11 is 6.41. The van der Waals surface area contributed by atoms with Gasteiger partial charge in [0.05, 0.1) is 12.2 Å². The molecule has 6 nitrogen and oxygen atoms in total. The summed E-state index contributed by atoms with van der Waals surface area (Å²) in [6, 6.07) is 12.7. The van der Waals surface area contributed by atoms with E-state index in [1.54, 1.807) is 12.1 Å². The first kappa shape index (κ1) is 22.1.